The van der Waals surface area contributed by atoms with E-state index in [0.29, 0.717) is 37.3 Å². The molecule has 0 spiro atoms. The first kappa shape index (κ1) is 48.0. The average Bonchev–Trinajstić information content (AvgIpc) is 3.49. The minimum atomic E-state index is -0.268. The molecule has 0 radical (unpaired) electrons. The molecule has 2 amide bonds. The van der Waals surface area contributed by atoms with Gasteiger partial charge in [0.2, 0.25) is 0 Å². The topological polar surface area (TPSA) is 152 Å². The number of rotatable bonds is 8. The fourth-order valence-electron chi connectivity index (χ4n) is 7.62. The molecule has 2 aliphatic rings. The van der Waals surface area contributed by atoms with Crippen molar-refractivity contribution in [2.75, 3.05) is 50.1 Å². The van der Waals surface area contributed by atoms with Crippen LogP contribution in [-0.4, -0.2) is 86.5 Å². The first-order valence-electron chi connectivity index (χ1n) is 20.8. The van der Waals surface area contributed by atoms with Gasteiger partial charge in [-0.15, -0.1) is 0 Å². The van der Waals surface area contributed by atoms with Crippen molar-refractivity contribution in [3.05, 3.63) is 201 Å². The van der Waals surface area contributed by atoms with Crippen LogP contribution in [0.5, 0.6) is 0 Å². The van der Waals surface area contributed by atoms with Crippen LogP contribution in [0.2, 0.25) is 0 Å². The largest absolute Gasteiger partial charge is 0.412 e. The molecule has 8 rings (SSSR count). The second kappa shape index (κ2) is 21.4. The molecule has 0 unspecified atom stereocenters. The number of halogens is 2. The summed E-state index contributed by atoms with van der Waals surface area (Å²) in [6.45, 7) is 10.1. The summed E-state index contributed by atoms with van der Waals surface area (Å²) in [7, 11) is 4.06. The van der Waals surface area contributed by atoms with Crippen LogP contribution in [0.25, 0.3) is 0 Å². The number of carbonyl (C=O) groups excluding carboxylic acids is 2. The zero-order valence-electron chi connectivity index (χ0n) is 37.0. The van der Waals surface area contributed by atoms with Crippen molar-refractivity contribution in [3.63, 3.8) is 0 Å². The molecule has 0 fully saturated rings. The lowest BCUT2D eigenvalue weighted by Crippen LogP contribution is -2.43. The van der Waals surface area contributed by atoms with Gasteiger partial charge in [0.25, 0.3) is 11.8 Å². The Bertz CT molecular complexity index is 2430. The molecule has 0 bridgehead atoms. The monoisotopic (exact) mass is 866 g/mol. The Morgan fingerprint density at radius 2 is 0.844 bits per heavy atom. The minimum absolute atomic E-state index is 0. The fourth-order valence-corrected chi connectivity index (χ4v) is 7.62. The molecule has 2 aliphatic heterocycles. The molecule has 6 aromatic carbocycles. The normalized spacial score (nSPS) is 15.2. The molecule has 2 atom stereocenters. The quantitative estimate of drug-likeness (QED) is 0.164. The number of aryl methyl sites for hydroxylation is 4. The van der Waals surface area contributed by atoms with Gasteiger partial charge in [-0.1, -0.05) is 59.7 Å². The van der Waals surface area contributed by atoms with Gasteiger partial charge < -0.3 is 31.4 Å². The van der Waals surface area contributed by atoms with Crippen molar-refractivity contribution < 1.29 is 29.3 Å². The van der Waals surface area contributed by atoms with Crippen LogP contribution in [-0.2, 0) is 0 Å². The second-order valence-electron chi connectivity index (χ2n) is 16.1. The van der Waals surface area contributed by atoms with Gasteiger partial charge >= 0.3 is 0 Å². The highest BCUT2D eigenvalue weighted by molar-refractivity contribution is 6.17. The third-order valence-corrected chi connectivity index (χ3v) is 11.5. The maximum atomic E-state index is 13.5. The Balaban J connectivity index is 0.000000234. The lowest BCUT2D eigenvalue weighted by atomic mass is 9.99. The van der Waals surface area contributed by atoms with Crippen LogP contribution in [0.3, 0.4) is 0 Å². The van der Waals surface area contributed by atoms with Crippen molar-refractivity contribution in [3.8, 4) is 0 Å². The standard InChI is InChI=1S/2C26H26FN3O.2H2O/c2*1-17-4-7-20(8-5-17)26(31)29-16-22-15-28-25(19-9-11-21(27)12-10-19)23-13-6-18(2)14-24(23)30(22)3;;/h2*4-14,22H,15-16H2,1-3H3,(H,29,31);2*1H2/t2*22-;;/m10../s1. The smallest absolute Gasteiger partial charge is 0.251 e. The first-order chi connectivity index (χ1) is 29.8. The summed E-state index contributed by atoms with van der Waals surface area (Å²) in [5.41, 5.74) is 13.4. The van der Waals surface area contributed by atoms with Gasteiger partial charge in [0.1, 0.15) is 11.6 Å². The minimum Gasteiger partial charge on any atom is -0.412 e. The number of carbonyl (C=O) groups is 2. The van der Waals surface area contributed by atoms with Crippen molar-refractivity contribution in [1.29, 1.82) is 0 Å². The van der Waals surface area contributed by atoms with Gasteiger partial charge in [0.15, 0.2) is 0 Å². The average molecular weight is 867 g/mol. The van der Waals surface area contributed by atoms with Crippen molar-refractivity contribution >= 4 is 34.6 Å². The molecule has 10 nitrogen and oxygen atoms in total. The first-order valence-corrected chi connectivity index (χ1v) is 20.8. The molecular weight excluding hydrogens is 811 g/mol. The van der Waals surface area contributed by atoms with Crippen molar-refractivity contribution in [2.45, 2.75) is 39.8 Å². The molecule has 12 heteroatoms. The van der Waals surface area contributed by atoms with E-state index in [1.165, 1.54) is 24.3 Å². The third kappa shape index (κ3) is 11.3. The zero-order valence-corrected chi connectivity index (χ0v) is 37.0. The summed E-state index contributed by atoms with van der Waals surface area (Å²) in [6.07, 6.45) is 0. The summed E-state index contributed by atoms with van der Waals surface area (Å²) >= 11 is 0. The van der Waals surface area contributed by atoms with Crippen LogP contribution < -0.4 is 20.4 Å². The van der Waals surface area contributed by atoms with E-state index in [4.69, 9.17) is 9.98 Å². The summed E-state index contributed by atoms with van der Waals surface area (Å²) in [5.74, 6) is -0.721. The molecule has 64 heavy (non-hydrogen) atoms. The number of likely N-dealkylation sites (N-methyl/N-ethyl adjacent to an activating group) is 2. The van der Waals surface area contributed by atoms with Crippen LogP contribution in [0.1, 0.15) is 65.2 Å². The SMILES string of the molecule is Cc1ccc(C(=O)NC[C@@H]2CN=C(c3ccc(F)cc3)c3ccc(C)cc3N2C)cc1.Cc1ccc(C(=O)NC[C@H]2CN=C(c3ccc(F)cc3)c3ccc(C)cc3N2C)cc1.O.O. The van der Waals surface area contributed by atoms with E-state index in [1.807, 2.05) is 76.5 Å². The van der Waals surface area contributed by atoms with E-state index in [0.717, 1.165) is 67.3 Å². The van der Waals surface area contributed by atoms with Gasteiger partial charge in [-0.2, -0.15) is 0 Å². The zero-order chi connectivity index (χ0) is 43.9. The lowest BCUT2D eigenvalue weighted by Gasteiger charge is -2.29. The number of amides is 2. The number of benzene rings is 6. The number of nitrogens with zero attached hydrogens (tertiary/aromatic N) is 4. The number of hydrogen-bond acceptors (Lipinski definition) is 6. The number of benzodiazepines with no additional fused rings is 2. The summed E-state index contributed by atoms with van der Waals surface area (Å²) in [6, 6.07) is 40.5. The van der Waals surface area contributed by atoms with Crippen LogP contribution in [0, 0.1) is 39.3 Å². The number of fused-ring (bicyclic) bond motifs is 2. The number of aliphatic imine (C=N–C) groups is 2. The van der Waals surface area contributed by atoms with E-state index in [9.17, 15) is 18.4 Å². The van der Waals surface area contributed by atoms with Crippen LogP contribution in [0.15, 0.2) is 143 Å². The summed E-state index contributed by atoms with van der Waals surface area (Å²) < 4.78 is 26.9. The van der Waals surface area contributed by atoms with Crippen molar-refractivity contribution in [2.24, 2.45) is 9.98 Å². The lowest BCUT2D eigenvalue weighted by molar-refractivity contribution is 0.0943. The molecule has 0 saturated carbocycles. The Hall–Kier alpha value is -7.02. The summed E-state index contributed by atoms with van der Waals surface area (Å²) in [4.78, 5) is 39.4. The molecule has 2 heterocycles. The highest BCUT2D eigenvalue weighted by Crippen LogP contribution is 2.30. The van der Waals surface area contributed by atoms with E-state index in [1.54, 1.807) is 24.3 Å². The Labute approximate surface area is 374 Å². The fraction of sp³-hybridized carbons (Fsp3) is 0.231. The van der Waals surface area contributed by atoms with Gasteiger partial charge in [-0.3, -0.25) is 19.6 Å². The maximum absolute atomic E-state index is 13.5. The maximum Gasteiger partial charge on any atom is 0.251 e. The van der Waals surface area contributed by atoms with Gasteiger partial charge in [-0.25, -0.2) is 8.78 Å². The molecule has 332 valence electrons. The molecule has 6 aromatic rings. The Morgan fingerprint density at radius 1 is 0.516 bits per heavy atom. The number of anilines is 2. The predicted molar refractivity (Wildman–Crippen MR) is 255 cm³/mol. The third-order valence-electron chi connectivity index (χ3n) is 11.5. The van der Waals surface area contributed by atoms with Crippen LogP contribution >= 0.6 is 0 Å². The van der Waals surface area contributed by atoms with E-state index < -0.39 is 0 Å². The number of hydrogen-bond donors (Lipinski definition) is 2. The van der Waals surface area contributed by atoms with Crippen molar-refractivity contribution in [1.82, 2.24) is 10.6 Å². The van der Waals surface area contributed by atoms with E-state index in [2.05, 4.69) is 70.7 Å². The Kier molecular flexibility index (Phi) is 16.0. The predicted octanol–water partition coefficient (Wildman–Crippen LogP) is 7.41. The number of nitrogens with one attached hydrogen (secondary N) is 2. The molecule has 6 N–H and O–H groups in total. The second-order valence-corrected chi connectivity index (χ2v) is 16.1. The van der Waals surface area contributed by atoms with E-state index in [-0.39, 0.29) is 46.5 Å². The highest BCUT2D eigenvalue weighted by atomic mass is 19.1. The van der Waals surface area contributed by atoms with Gasteiger partial charge in [0.05, 0.1) is 36.6 Å². The molecule has 0 aromatic heterocycles. The molecule has 0 aliphatic carbocycles. The molecule has 0 saturated heterocycles. The van der Waals surface area contributed by atoms with Gasteiger partial charge in [-0.05, 0) is 124 Å². The molecular formula is C52H56F2N6O4. The highest BCUT2D eigenvalue weighted by Gasteiger charge is 2.27. The Morgan fingerprint density at radius 3 is 1.19 bits per heavy atom. The van der Waals surface area contributed by atoms with E-state index >= 15 is 0 Å². The summed E-state index contributed by atoms with van der Waals surface area (Å²) in [5, 5.41) is 6.11. The van der Waals surface area contributed by atoms with Gasteiger partial charge in [0, 0.05) is 71.9 Å². The van der Waals surface area contributed by atoms with Crippen LogP contribution in [0.4, 0.5) is 20.2 Å².